The number of Topliss-reactive ketones (excluding diaryl/α,β-unsaturated/α-hetero) is 2. The molecule has 0 unspecified atom stereocenters. The Hall–Kier alpha value is -4.15. The van der Waals surface area contributed by atoms with Gasteiger partial charge in [0.15, 0.2) is 11.4 Å². The molecule has 3 aliphatic carbocycles. The second-order valence-corrected chi connectivity index (χ2v) is 10.2. The summed E-state index contributed by atoms with van der Waals surface area (Å²) < 4.78 is 5.23. The number of ketones is 2. The van der Waals surface area contributed by atoms with Crippen molar-refractivity contribution in [2.45, 2.75) is 24.5 Å². The van der Waals surface area contributed by atoms with Crippen molar-refractivity contribution in [1.82, 2.24) is 4.90 Å². The zero-order chi connectivity index (χ0) is 27.7. The number of rotatable bonds is 4. The highest BCUT2D eigenvalue weighted by Crippen LogP contribution is 2.53. The van der Waals surface area contributed by atoms with Gasteiger partial charge in [-0.1, -0.05) is 18.2 Å². The van der Waals surface area contributed by atoms with Crippen molar-refractivity contribution in [1.29, 1.82) is 0 Å². The predicted molar refractivity (Wildman–Crippen MR) is 136 cm³/mol. The van der Waals surface area contributed by atoms with E-state index >= 15 is 0 Å². The third-order valence-electron chi connectivity index (χ3n) is 8.01. The summed E-state index contributed by atoms with van der Waals surface area (Å²) in [4.78, 5) is 40.6. The van der Waals surface area contributed by atoms with E-state index in [1.54, 1.807) is 39.4 Å². The Morgan fingerprint density at radius 2 is 1.74 bits per heavy atom. The number of methoxy groups -OCH3 is 1. The molecule has 0 saturated heterocycles. The van der Waals surface area contributed by atoms with E-state index < -0.39 is 58.0 Å². The SMILES string of the molecule is COc1ccc(-c2ccc(O)c3c2C[C@H]2C[C@H]4[C@@H](N(C)C)C(=O)C(C(N)=O)=C(O)[C@@]4(O)C(=O)C2=C3O)cc1. The van der Waals surface area contributed by atoms with E-state index in [0.717, 1.165) is 11.1 Å². The first-order chi connectivity index (χ1) is 17.9. The van der Waals surface area contributed by atoms with E-state index in [1.807, 2.05) is 12.1 Å². The van der Waals surface area contributed by atoms with Gasteiger partial charge >= 0.3 is 0 Å². The lowest BCUT2D eigenvalue weighted by Crippen LogP contribution is -2.65. The molecule has 10 heteroatoms. The number of fused-ring (bicyclic) bond motifs is 3. The van der Waals surface area contributed by atoms with Crippen LogP contribution >= 0.6 is 0 Å². The summed E-state index contributed by atoms with van der Waals surface area (Å²) in [7, 11) is 4.68. The van der Waals surface area contributed by atoms with Crippen LogP contribution in [0.5, 0.6) is 11.5 Å². The summed E-state index contributed by atoms with van der Waals surface area (Å²) in [6.45, 7) is 0. The van der Waals surface area contributed by atoms with Crippen LogP contribution in [-0.2, 0) is 20.8 Å². The molecule has 3 aliphatic rings. The molecule has 0 bridgehead atoms. The van der Waals surface area contributed by atoms with Gasteiger partial charge in [-0.05, 0) is 67.7 Å². The van der Waals surface area contributed by atoms with Crippen molar-refractivity contribution in [3.8, 4) is 22.6 Å². The molecule has 5 rings (SSSR count). The van der Waals surface area contributed by atoms with Crippen molar-refractivity contribution in [3.05, 3.63) is 64.4 Å². The first-order valence-corrected chi connectivity index (χ1v) is 12.1. The third-order valence-corrected chi connectivity index (χ3v) is 8.01. The number of aliphatic hydroxyl groups excluding tert-OH is 2. The van der Waals surface area contributed by atoms with Gasteiger partial charge in [-0.25, -0.2) is 0 Å². The highest BCUT2D eigenvalue weighted by atomic mass is 16.5. The van der Waals surface area contributed by atoms with Crippen LogP contribution in [0, 0.1) is 11.8 Å². The Labute approximate surface area is 218 Å². The fourth-order valence-electron chi connectivity index (χ4n) is 6.29. The van der Waals surface area contributed by atoms with Crippen LogP contribution < -0.4 is 10.5 Å². The Morgan fingerprint density at radius 3 is 2.32 bits per heavy atom. The zero-order valence-corrected chi connectivity index (χ0v) is 21.1. The van der Waals surface area contributed by atoms with Gasteiger partial charge in [0.1, 0.15) is 28.6 Å². The van der Waals surface area contributed by atoms with E-state index in [9.17, 15) is 34.8 Å². The van der Waals surface area contributed by atoms with E-state index in [-0.39, 0.29) is 29.7 Å². The summed E-state index contributed by atoms with van der Waals surface area (Å²) >= 11 is 0. The van der Waals surface area contributed by atoms with Gasteiger partial charge in [-0.15, -0.1) is 0 Å². The first kappa shape index (κ1) is 25.5. The maximum atomic E-state index is 13.9. The molecule has 0 aromatic heterocycles. The smallest absolute Gasteiger partial charge is 0.255 e. The number of amides is 1. The minimum absolute atomic E-state index is 0.0312. The number of aromatic hydroxyl groups is 1. The molecule has 4 atom stereocenters. The van der Waals surface area contributed by atoms with Crippen molar-refractivity contribution in [2.24, 2.45) is 17.6 Å². The molecule has 1 fully saturated rings. The minimum Gasteiger partial charge on any atom is -0.508 e. The average molecular weight is 521 g/mol. The fourth-order valence-corrected chi connectivity index (χ4v) is 6.29. The molecular weight excluding hydrogens is 492 g/mol. The number of hydrogen-bond donors (Lipinski definition) is 5. The zero-order valence-electron chi connectivity index (χ0n) is 21.1. The second-order valence-electron chi connectivity index (χ2n) is 10.2. The Kier molecular flexibility index (Phi) is 5.85. The van der Waals surface area contributed by atoms with Crippen LogP contribution in [0.2, 0.25) is 0 Å². The first-order valence-electron chi connectivity index (χ1n) is 12.1. The molecule has 1 amide bonds. The van der Waals surface area contributed by atoms with Gasteiger partial charge in [-0.3, -0.25) is 19.3 Å². The van der Waals surface area contributed by atoms with Gasteiger partial charge < -0.3 is 30.9 Å². The summed E-state index contributed by atoms with van der Waals surface area (Å²) in [5.74, 6) is -6.08. The molecule has 198 valence electrons. The third kappa shape index (κ3) is 3.37. The number of primary amides is 1. The molecule has 38 heavy (non-hydrogen) atoms. The van der Waals surface area contributed by atoms with Crippen LogP contribution in [0.15, 0.2) is 53.3 Å². The quantitative estimate of drug-likeness (QED) is 0.376. The molecule has 10 nitrogen and oxygen atoms in total. The van der Waals surface area contributed by atoms with E-state index in [1.165, 1.54) is 11.0 Å². The van der Waals surface area contributed by atoms with Crippen molar-refractivity contribution in [3.63, 3.8) is 0 Å². The minimum atomic E-state index is -2.66. The highest BCUT2D eigenvalue weighted by Gasteiger charge is 2.64. The highest BCUT2D eigenvalue weighted by molar-refractivity contribution is 6.24. The lowest BCUT2D eigenvalue weighted by Gasteiger charge is -2.50. The molecule has 0 radical (unpaired) electrons. The Bertz CT molecular complexity index is 1460. The molecule has 2 aromatic carbocycles. The lowest BCUT2D eigenvalue weighted by molar-refractivity contribution is -0.153. The van der Waals surface area contributed by atoms with Gasteiger partial charge in [0.05, 0.1) is 18.7 Å². The van der Waals surface area contributed by atoms with Gasteiger partial charge in [-0.2, -0.15) is 0 Å². The van der Waals surface area contributed by atoms with Crippen LogP contribution in [0.3, 0.4) is 0 Å². The van der Waals surface area contributed by atoms with Crippen molar-refractivity contribution >= 4 is 23.2 Å². The fraction of sp³-hybridized carbons (Fsp3) is 0.321. The number of hydrogen-bond acceptors (Lipinski definition) is 9. The van der Waals surface area contributed by atoms with Crippen molar-refractivity contribution in [2.75, 3.05) is 21.2 Å². The summed E-state index contributed by atoms with van der Waals surface area (Å²) in [5.41, 5.74) is 3.84. The van der Waals surface area contributed by atoms with Crippen LogP contribution in [-0.4, -0.2) is 75.6 Å². The molecular formula is C28H28N2O8. The van der Waals surface area contributed by atoms with E-state index in [4.69, 9.17) is 10.5 Å². The Balaban J connectivity index is 1.72. The van der Waals surface area contributed by atoms with E-state index in [0.29, 0.717) is 11.3 Å². The van der Waals surface area contributed by atoms with Crippen LogP contribution in [0.4, 0.5) is 0 Å². The number of carbonyl (C=O) groups excluding carboxylic acids is 3. The van der Waals surface area contributed by atoms with E-state index in [2.05, 4.69) is 0 Å². The second kappa shape index (κ2) is 8.71. The maximum Gasteiger partial charge on any atom is 0.255 e. The topological polar surface area (TPSA) is 171 Å². The number of likely N-dealkylation sites (N-methyl/N-ethyl adjacent to an activating group) is 1. The number of phenols is 1. The van der Waals surface area contributed by atoms with Crippen LogP contribution in [0.1, 0.15) is 17.5 Å². The van der Waals surface area contributed by atoms with Gasteiger partial charge in [0.25, 0.3) is 5.91 Å². The van der Waals surface area contributed by atoms with Crippen LogP contribution in [0.25, 0.3) is 16.9 Å². The molecule has 0 spiro atoms. The van der Waals surface area contributed by atoms with Gasteiger partial charge in [0.2, 0.25) is 5.78 Å². The standard InChI is InChI=1S/C28H28N2O8/c1-30(2)22-17-11-13-10-16-15(12-4-6-14(38-3)7-5-12)8-9-18(31)20(16)23(32)19(13)25(34)28(17,37)26(35)21(24(22)33)27(29)36/h4-9,13,17,22,31-32,35,37H,10-11H2,1-3H3,(H2,29,36)/t13-,17-,22+,28-/m0/s1. The number of carbonyl (C=O) groups is 3. The maximum absolute atomic E-state index is 13.9. The predicted octanol–water partition coefficient (Wildman–Crippen LogP) is 1.64. The monoisotopic (exact) mass is 520 g/mol. The Morgan fingerprint density at radius 1 is 1.08 bits per heavy atom. The lowest BCUT2D eigenvalue weighted by atomic mass is 9.57. The number of nitrogens with zero attached hydrogens (tertiary/aromatic N) is 1. The summed E-state index contributed by atoms with van der Waals surface area (Å²) in [6, 6.07) is 9.23. The molecule has 0 heterocycles. The number of aliphatic hydroxyl groups is 3. The molecule has 6 N–H and O–H groups in total. The normalized spacial score (nSPS) is 26.7. The van der Waals surface area contributed by atoms with Crippen molar-refractivity contribution < 1.29 is 39.5 Å². The summed E-state index contributed by atoms with van der Waals surface area (Å²) in [5, 5.41) is 44.6. The number of benzene rings is 2. The largest absolute Gasteiger partial charge is 0.508 e. The molecule has 0 aliphatic heterocycles. The summed E-state index contributed by atoms with van der Waals surface area (Å²) in [6.07, 6.45) is 0.244. The average Bonchev–Trinajstić information content (AvgIpc) is 2.86. The molecule has 2 aromatic rings. The number of nitrogens with two attached hydrogens (primary N) is 1. The molecule has 1 saturated carbocycles. The van der Waals surface area contributed by atoms with Gasteiger partial charge in [0, 0.05) is 11.5 Å². The number of phenolic OH excluding ortho intramolecular Hbond substituents is 1. The number of ether oxygens (including phenoxy) is 1.